The van der Waals surface area contributed by atoms with Gasteiger partial charge in [0.1, 0.15) is 0 Å². The van der Waals surface area contributed by atoms with Crippen LogP contribution in [0, 0.1) is 0 Å². The number of hydrogen-bond acceptors (Lipinski definition) is 2. The second kappa shape index (κ2) is 11.0. The normalized spacial score (nSPS) is 21.7. The highest BCUT2D eigenvalue weighted by molar-refractivity contribution is 4.76. The Balaban J connectivity index is 0.000000581. The molecule has 2 heteroatoms. The maximum absolute atomic E-state index is 5.99. The third-order valence-corrected chi connectivity index (χ3v) is 3.42. The second-order valence-corrected chi connectivity index (χ2v) is 4.32. The molecule has 2 nitrogen and oxygen atoms in total. The molecule has 17 heavy (non-hydrogen) atoms. The molecule has 1 aliphatic heterocycles. The Labute approximate surface area is 109 Å². The fourth-order valence-corrected chi connectivity index (χ4v) is 2.14. The molecule has 1 aliphatic carbocycles. The van der Waals surface area contributed by atoms with Crippen molar-refractivity contribution in [2.75, 3.05) is 19.6 Å². The molecule has 0 spiro atoms. The monoisotopic (exact) mass is 243 g/mol. The summed E-state index contributed by atoms with van der Waals surface area (Å²) in [5, 5.41) is 0. The van der Waals surface area contributed by atoms with E-state index in [2.05, 4.69) is 11.8 Å². The van der Waals surface area contributed by atoms with E-state index in [1.807, 2.05) is 27.7 Å². The van der Waals surface area contributed by atoms with Crippen molar-refractivity contribution in [2.24, 2.45) is 0 Å². The SMILES string of the molecule is CC.CC.CCN1CCC(OC2CCC2)CC1. The number of hydrogen-bond donors (Lipinski definition) is 0. The molecule has 2 aliphatic rings. The predicted molar refractivity (Wildman–Crippen MR) is 76.6 cm³/mol. The molecule has 0 radical (unpaired) electrons. The first kappa shape index (κ1) is 16.9. The molecule has 0 bridgehead atoms. The van der Waals surface area contributed by atoms with Gasteiger partial charge in [0.2, 0.25) is 0 Å². The van der Waals surface area contributed by atoms with Gasteiger partial charge in [-0.1, -0.05) is 34.6 Å². The Morgan fingerprint density at radius 3 is 1.71 bits per heavy atom. The van der Waals surface area contributed by atoms with Crippen LogP contribution in [0.25, 0.3) is 0 Å². The third kappa shape index (κ3) is 6.42. The molecule has 0 atom stereocenters. The van der Waals surface area contributed by atoms with E-state index in [4.69, 9.17) is 4.74 Å². The van der Waals surface area contributed by atoms with Crippen LogP contribution >= 0.6 is 0 Å². The van der Waals surface area contributed by atoms with E-state index in [1.165, 1.54) is 51.7 Å². The molecular weight excluding hydrogens is 210 g/mol. The number of rotatable bonds is 3. The zero-order valence-corrected chi connectivity index (χ0v) is 12.7. The molecule has 104 valence electrons. The van der Waals surface area contributed by atoms with Crippen molar-refractivity contribution in [3.8, 4) is 0 Å². The van der Waals surface area contributed by atoms with Crippen LogP contribution in [0.1, 0.15) is 66.7 Å². The topological polar surface area (TPSA) is 12.5 Å². The number of ether oxygens (including phenoxy) is 1. The molecule has 0 aromatic carbocycles. The molecule has 0 amide bonds. The van der Waals surface area contributed by atoms with Gasteiger partial charge < -0.3 is 9.64 Å². The maximum atomic E-state index is 5.99. The van der Waals surface area contributed by atoms with Crippen LogP contribution < -0.4 is 0 Å². The summed E-state index contributed by atoms with van der Waals surface area (Å²) in [6.45, 7) is 13.9. The van der Waals surface area contributed by atoms with E-state index in [1.54, 1.807) is 0 Å². The first-order valence-corrected chi connectivity index (χ1v) is 7.76. The summed E-state index contributed by atoms with van der Waals surface area (Å²) in [6, 6.07) is 0. The summed E-state index contributed by atoms with van der Waals surface area (Å²) in [6.07, 6.45) is 7.72. The molecule has 1 saturated heterocycles. The number of likely N-dealkylation sites (tertiary alicyclic amines) is 1. The van der Waals surface area contributed by atoms with Crippen LogP contribution in [0.3, 0.4) is 0 Å². The van der Waals surface area contributed by atoms with Gasteiger partial charge in [0, 0.05) is 13.1 Å². The summed E-state index contributed by atoms with van der Waals surface area (Å²) < 4.78 is 5.99. The van der Waals surface area contributed by atoms with Gasteiger partial charge in [0.25, 0.3) is 0 Å². The molecule has 1 saturated carbocycles. The van der Waals surface area contributed by atoms with Crippen LogP contribution in [0.4, 0.5) is 0 Å². The highest BCUT2D eigenvalue weighted by Gasteiger charge is 2.25. The van der Waals surface area contributed by atoms with Crippen LogP contribution in [-0.4, -0.2) is 36.7 Å². The minimum Gasteiger partial charge on any atom is -0.375 e. The first-order chi connectivity index (χ1) is 8.38. The second-order valence-electron chi connectivity index (χ2n) is 4.32. The van der Waals surface area contributed by atoms with Gasteiger partial charge in [-0.15, -0.1) is 0 Å². The van der Waals surface area contributed by atoms with Crippen molar-refractivity contribution >= 4 is 0 Å². The zero-order valence-electron chi connectivity index (χ0n) is 12.7. The zero-order chi connectivity index (χ0) is 13.1. The summed E-state index contributed by atoms with van der Waals surface area (Å²) in [7, 11) is 0. The standard InChI is InChI=1S/C11H21NO.2C2H6/c1-2-12-8-6-11(7-9-12)13-10-4-3-5-10;2*1-2/h10-11H,2-9H2,1H3;2*1-2H3. The Morgan fingerprint density at radius 1 is 0.882 bits per heavy atom. The Bertz CT molecular complexity index is 149. The minimum absolute atomic E-state index is 0.577. The van der Waals surface area contributed by atoms with Crippen molar-refractivity contribution in [3.05, 3.63) is 0 Å². The van der Waals surface area contributed by atoms with Crippen molar-refractivity contribution in [1.82, 2.24) is 4.90 Å². The van der Waals surface area contributed by atoms with E-state index in [0.717, 1.165) is 0 Å². The van der Waals surface area contributed by atoms with Gasteiger partial charge in [-0.3, -0.25) is 0 Å². The molecule has 0 N–H and O–H groups in total. The quantitative estimate of drug-likeness (QED) is 0.740. The van der Waals surface area contributed by atoms with E-state index in [-0.39, 0.29) is 0 Å². The van der Waals surface area contributed by atoms with E-state index < -0.39 is 0 Å². The molecule has 2 rings (SSSR count). The lowest BCUT2D eigenvalue weighted by molar-refractivity contribution is -0.0729. The smallest absolute Gasteiger partial charge is 0.0603 e. The van der Waals surface area contributed by atoms with Crippen LogP contribution in [0.2, 0.25) is 0 Å². The van der Waals surface area contributed by atoms with E-state index in [0.29, 0.717) is 12.2 Å². The molecule has 1 heterocycles. The van der Waals surface area contributed by atoms with Crippen LogP contribution in [-0.2, 0) is 4.74 Å². The van der Waals surface area contributed by atoms with Crippen molar-refractivity contribution < 1.29 is 4.74 Å². The molecule has 0 aromatic rings. The number of nitrogens with zero attached hydrogens (tertiary/aromatic N) is 1. The fraction of sp³-hybridized carbons (Fsp3) is 1.00. The minimum atomic E-state index is 0.577. The molecular formula is C15H33NO. The van der Waals surface area contributed by atoms with Gasteiger partial charge in [-0.25, -0.2) is 0 Å². The number of piperidine rings is 1. The van der Waals surface area contributed by atoms with Gasteiger partial charge in [0.05, 0.1) is 12.2 Å². The molecule has 0 unspecified atom stereocenters. The molecule has 0 aromatic heterocycles. The van der Waals surface area contributed by atoms with E-state index >= 15 is 0 Å². The van der Waals surface area contributed by atoms with Gasteiger partial charge in [-0.05, 0) is 38.6 Å². The Hall–Kier alpha value is -0.0800. The van der Waals surface area contributed by atoms with E-state index in [9.17, 15) is 0 Å². The highest BCUT2D eigenvalue weighted by atomic mass is 16.5. The van der Waals surface area contributed by atoms with Crippen molar-refractivity contribution in [3.63, 3.8) is 0 Å². The third-order valence-electron chi connectivity index (χ3n) is 3.42. The summed E-state index contributed by atoms with van der Waals surface area (Å²) in [5.41, 5.74) is 0. The summed E-state index contributed by atoms with van der Waals surface area (Å²) in [5.74, 6) is 0. The lowest BCUT2D eigenvalue weighted by Gasteiger charge is -2.35. The average Bonchev–Trinajstić information content (AvgIpc) is 2.39. The fourth-order valence-electron chi connectivity index (χ4n) is 2.14. The summed E-state index contributed by atoms with van der Waals surface area (Å²) in [4.78, 5) is 2.51. The Morgan fingerprint density at radius 2 is 1.35 bits per heavy atom. The first-order valence-electron chi connectivity index (χ1n) is 7.76. The lowest BCUT2D eigenvalue weighted by atomic mass is 9.95. The van der Waals surface area contributed by atoms with Gasteiger partial charge >= 0.3 is 0 Å². The average molecular weight is 243 g/mol. The van der Waals surface area contributed by atoms with Crippen LogP contribution in [0.5, 0.6) is 0 Å². The predicted octanol–water partition coefficient (Wildman–Crippen LogP) is 4.09. The lowest BCUT2D eigenvalue weighted by Crippen LogP contribution is -2.39. The van der Waals surface area contributed by atoms with Gasteiger partial charge in [-0.2, -0.15) is 0 Å². The van der Waals surface area contributed by atoms with Crippen LogP contribution in [0.15, 0.2) is 0 Å². The van der Waals surface area contributed by atoms with Crippen molar-refractivity contribution in [2.45, 2.75) is 78.9 Å². The van der Waals surface area contributed by atoms with Crippen molar-refractivity contribution in [1.29, 1.82) is 0 Å². The summed E-state index contributed by atoms with van der Waals surface area (Å²) >= 11 is 0. The maximum Gasteiger partial charge on any atom is 0.0603 e. The molecule has 2 fully saturated rings. The largest absolute Gasteiger partial charge is 0.375 e. The van der Waals surface area contributed by atoms with Gasteiger partial charge in [0.15, 0.2) is 0 Å². The Kier molecular flexibility index (Phi) is 11.0. The highest BCUT2D eigenvalue weighted by Crippen LogP contribution is 2.26.